The molecule has 1 N–H and O–H groups in total. The van der Waals surface area contributed by atoms with Gasteiger partial charge in [0.05, 0.1) is 4.92 Å². The van der Waals surface area contributed by atoms with Crippen molar-refractivity contribution in [3.63, 3.8) is 0 Å². The zero-order valence-corrected chi connectivity index (χ0v) is 13.9. The van der Waals surface area contributed by atoms with Crippen LogP contribution in [0.1, 0.15) is 25.3 Å². The van der Waals surface area contributed by atoms with Gasteiger partial charge >= 0.3 is 0 Å². The van der Waals surface area contributed by atoms with Crippen LogP contribution in [0.2, 0.25) is 0 Å². The third-order valence-corrected chi connectivity index (χ3v) is 4.67. The molecule has 116 valence electrons. The zero-order valence-electron chi connectivity index (χ0n) is 12.3. The molecule has 6 heteroatoms. The van der Waals surface area contributed by atoms with E-state index in [1.807, 2.05) is 6.07 Å². The third-order valence-electron chi connectivity index (χ3n) is 3.93. The number of hydrogen-bond donors (Lipinski definition) is 1. The van der Waals surface area contributed by atoms with E-state index in [1.54, 1.807) is 12.1 Å². The highest BCUT2D eigenvalue weighted by Crippen LogP contribution is 2.26. The van der Waals surface area contributed by atoms with E-state index in [-0.39, 0.29) is 10.6 Å². The fourth-order valence-electron chi connectivity index (χ4n) is 2.83. The number of nitro groups is 1. The molecule has 1 aliphatic heterocycles. The van der Waals surface area contributed by atoms with Crippen LogP contribution >= 0.6 is 15.9 Å². The van der Waals surface area contributed by atoms with Crippen LogP contribution in [-0.2, 0) is 6.54 Å². The van der Waals surface area contributed by atoms with E-state index in [0.29, 0.717) is 5.92 Å². The molecule has 1 atom stereocenters. The summed E-state index contributed by atoms with van der Waals surface area (Å²) in [6, 6.07) is 5.03. The van der Waals surface area contributed by atoms with E-state index >= 15 is 0 Å². The van der Waals surface area contributed by atoms with Crippen molar-refractivity contribution < 1.29 is 4.92 Å². The monoisotopic (exact) mass is 355 g/mol. The molecule has 0 amide bonds. The van der Waals surface area contributed by atoms with E-state index in [2.05, 4.69) is 33.1 Å². The number of halogens is 1. The van der Waals surface area contributed by atoms with E-state index in [9.17, 15) is 10.1 Å². The molecule has 1 fully saturated rings. The summed E-state index contributed by atoms with van der Waals surface area (Å²) in [4.78, 5) is 12.8. The van der Waals surface area contributed by atoms with Crippen LogP contribution in [-0.4, -0.2) is 36.0 Å². The molecule has 1 aromatic rings. The Morgan fingerprint density at radius 3 is 3.00 bits per heavy atom. The molecule has 0 saturated carbocycles. The van der Waals surface area contributed by atoms with Crippen LogP contribution in [0.5, 0.6) is 0 Å². The molecular weight excluding hydrogens is 334 g/mol. The third kappa shape index (κ3) is 4.76. The Morgan fingerprint density at radius 2 is 2.33 bits per heavy atom. The first kappa shape index (κ1) is 16.4. The lowest BCUT2D eigenvalue weighted by Crippen LogP contribution is -2.39. The second kappa shape index (κ2) is 7.87. The number of nitrogens with zero attached hydrogens (tertiary/aromatic N) is 2. The Hall–Kier alpha value is -0.980. The summed E-state index contributed by atoms with van der Waals surface area (Å²) in [5, 5.41) is 14.2. The van der Waals surface area contributed by atoms with Gasteiger partial charge in [0.15, 0.2) is 0 Å². The Labute approximate surface area is 134 Å². The van der Waals surface area contributed by atoms with Gasteiger partial charge < -0.3 is 5.32 Å². The lowest BCUT2D eigenvalue weighted by Gasteiger charge is -2.33. The van der Waals surface area contributed by atoms with Crippen LogP contribution in [0, 0.1) is 16.0 Å². The Morgan fingerprint density at radius 1 is 1.52 bits per heavy atom. The first-order valence-electron chi connectivity index (χ1n) is 7.46. The van der Waals surface area contributed by atoms with Gasteiger partial charge in [0.1, 0.15) is 0 Å². The summed E-state index contributed by atoms with van der Waals surface area (Å²) in [6.45, 7) is 7.27. The maximum Gasteiger partial charge on any atom is 0.270 e. The van der Waals surface area contributed by atoms with Crippen LogP contribution in [0.3, 0.4) is 0 Å². The second-order valence-electron chi connectivity index (χ2n) is 5.58. The van der Waals surface area contributed by atoms with Gasteiger partial charge in [-0.3, -0.25) is 15.0 Å². The molecule has 0 spiro atoms. The molecule has 0 aromatic heterocycles. The highest BCUT2D eigenvalue weighted by molar-refractivity contribution is 9.10. The highest BCUT2D eigenvalue weighted by atomic mass is 79.9. The lowest BCUT2D eigenvalue weighted by atomic mass is 9.97. The first-order valence-corrected chi connectivity index (χ1v) is 8.25. The number of non-ortho nitro benzene ring substituents is 1. The number of likely N-dealkylation sites (tertiary alicyclic amines) is 1. The topological polar surface area (TPSA) is 58.4 Å². The van der Waals surface area contributed by atoms with Gasteiger partial charge in [0, 0.05) is 29.7 Å². The summed E-state index contributed by atoms with van der Waals surface area (Å²) in [5.74, 6) is 0.704. The van der Waals surface area contributed by atoms with Gasteiger partial charge in [-0.25, -0.2) is 0 Å². The highest BCUT2D eigenvalue weighted by Gasteiger charge is 2.20. The number of benzene rings is 1. The van der Waals surface area contributed by atoms with Crippen molar-refractivity contribution in [3.05, 3.63) is 38.3 Å². The van der Waals surface area contributed by atoms with E-state index in [0.717, 1.165) is 42.8 Å². The van der Waals surface area contributed by atoms with Gasteiger partial charge in [-0.05, 0) is 50.0 Å². The van der Waals surface area contributed by atoms with Gasteiger partial charge in [0.25, 0.3) is 5.69 Å². The number of nitro benzene ring substituents is 1. The number of hydrogen-bond acceptors (Lipinski definition) is 4. The average molecular weight is 356 g/mol. The molecule has 1 aromatic carbocycles. The van der Waals surface area contributed by atoms with Gasteiger partial charge in [-0.15, -0.1) is 0 Å². The normalized spacial score (nSPS) is 19.6. The molecule has 1 unspecified atom stereocenters. The van der Waals surface area contributed by atoms with Crippen molar-refractivity contribution in [1.29, 1.82) is 0 Å². The van der Waals surface area contributed by atoms with E-state index < -0.39 is 0 Å². The summed E-state index contributed by atoms with van der Waals surface area (Å²) in [5.41, 5.74) is 1.25. The summed E-state index contributed by atoms with van der Waals surface area (Å²) >= 11 is 3.46. The SMILES string of the molecule is CCNCC1CCCN(Cc2ccc([N+](=O)[O-])cc2Br)C1. The van der Waals surface area contributed by atoms with Crippen molar-refractivity contribution in [2.45, 2.75) is 26.3 Å². The minimum atomic E-state index is -0.359. The van der Waals surface area contributed by atoms with Gasteiger partial charge in [-0.1, -0.05) is 22.9 Å². The van der Waals surface area contributed by atoms with Crippen molar-refractivity contribution in [2.75, 3.05) is 26.2 Å². The fourth-order valence-corrected chi connectivity index (χ4v) is 3.32. The maximum atomic E-state index is 10.8. The molecule has 5 nitrogen and oxygen atoms in total. The molecule has 1 aliphatic rings. The lowest BCUT2D eigenvalue weighted by molar-refractivity contribution is -0.384. The molecule has 0 radical (unpaired) electrons. The average Bonchev–Trinajstić information content (AvgIpc) is 2.47. The van der Waals surface area contributed by atoms with Crippen molar-refractivity contribution in [3.8, 4) is 0 Å². The van der Waals surface area contributed by atoms with Crippen LogP contribution in [0.25, 0.3) is 0 Å². The molecule has 21 heavy (non-hydrogen) atoms. The van der Waals surface area contributed by atoms with Crippen LogP contribution in [0.15, 0.2) is 22.7 Å². The first-order chi connectivity index (χ1) is 10.1. The minimum absolute atomic E-state index is 0.134. The molecule has 1 heterocycles. The van der Waals surface area contributed by atoms with Crippen molar-refractivity contribution >= 4 is 21.6 Å². The maximum absolute atomic E-state index is 10.8. The molecule has 0 bridgehead atoms. The molecule has 1 saturated heterocycles. The zero-order chi connectivity index (χ0) is 15.2. The van der Waals surface area contributed by atoms with Crippen LogP contribution < -0.4 is 5.32 Å². The quantitative estimate of drug-likeness (QED) is 0.628. The minimum Gasteiger partial charge on any atom is -0.317 e. The van der Waals surface area contributed by atoms with Crippen molar-refractivity contribution in [2.24, 2.45) is 5.92 Å². The van der Waals surface area contributed by atoms with Gasteiger partial charge in [0.2, 0.25) is 0 Å². The molecule has 0 aliphatic carbocycles. The summed E-state index contributed by atoms with van der Waals surface area (Å²) < 4.78 is 0.825. The Kier molecular flexibility index (Phi) is 6.14. The van der Waals surface area contributed by atoms with Crippen molar-refractivity contribution in [1.82, 2.24) is 10.2 Å². The standard InChI is InChI=1S/C15H22BrN3O2/c1-2-17-9-12-4-3-7-18(10-12)11-13-5-6-14(19(20)21)8-15(13)16/h5-6,8,12,17H,2-4,7,9-11H2,1H3. The van der Waals surface area contributed by atoms with E-state index in [1.165, 1.54) is 12.8 Å². The summed E-state index contributed by atoms with van der Waals surface area (Å²) in [7, 11) is 0. The predicted molar refractivity (Wildman–Crippen MR) is 87.3 cm³/mol. The Bertz CT molecular complexity index is 496. The fraction of sp³-hybridized carbons (Fsp3) is 0.600. The van der Waals surface area contributed by atoms with Crippen LogP contribution in [0.4, 0.5) is 5.69 Å². The second-order valence-corrected chi connectivity index (χ2v) is 6.44. The number of piperidine rings is 1. The smallest absolute Gasteiger partial charge is 0.270 e. The molecular formula is C15H22BrN3O2. The predicted octanol–water partition coefficient (Wildman–Crippen LogP) is 3.18. The van der Waals surface area contributed by atoms with Gasteiger partial charge in [-0.2, -0.15) is 0 Å². The number of nitrogens with one attached hydrogen (secondary N) is 1. The largest absolute Gasteiger partial charge is 0.317 e. The number of rotatable bonds is 6. The summed E-state index contributed by atoms with van der Waals surface area (Å²) in [6.07, 6.45) is 2.51. The molecule has 2 rings (SSSR count). The van der Waals surface area contributed by atoms with E-state index in [4.69, 9.17) is 0 Å². The Balaban J connectivity index is 1.96.